The van der Waals surface area contributed by atoms with Crippen molar-refractivity contribution in [1.82, 2.24) is 4.90 Å². The Bertz CT molecular complexity index is 160. The molecule has 1 aliphatic heterocycles. The number of nitrogens with zero attached hydrogens (tertiary/aromatic N) is 1. The SMILES string of the molecule is COC(=O)OC1CCCN(C)C1. The summed E-state index contributed by atoms with van der Waals surface area (Å²) in [5.41, 5.74) is 0. The molecule has 1 unspecified atom stereocenters. The standard InChI is InChI=1S/C8H15NO3/c1-9-5-3-4-7(6-9)12-8(10)11-2/h7H,3-6H2,1-2H3. The molecule has 1 fully saturated rings. The fraction of sp³-hybridized carbons (Fsp3) is 0.875. The van der Waals surface area contributed by atoms with Crippen molar-refractivity contribution in [3.05, 3.63) is 0 Å². The summed E-state index contributed by atoms with van der Waals surface area (Å²) in [5.74, 6) is 0. The third kappa shape index (κ3) is 2.70. The number of carbonyl (C=O) groups excluding carboxylic acids is 1. The highest BCUT2D eigenvalue weighted by Gasteiger charge is 2.20. The van der Waals surface area contributed by atoms with Crippen molar-refractivity contribution in [3.63, 3.8) is 0 Å². The Morgan fingerprint density at radius 1 is 1.58 bits per heavy atom. The Balaban J connectivity index is 2.27. The van der Waals surface area contributed by atoms with Crippen molar-refractivity contribution in [2.45, 2.75) is 18.9 Å². The van der Waals surface area contributed by atoms with Crippen molar-refractivity contribution < 1.29 is 14.3 Å². The number of rotatable bonds is 1. The Kier molecular flexibility index (Phi) is 3.34. The zero-order valence-corrected chi connectivity index (χ0v) is 7.58. The first-order chi connectivity index (χ1) is 5.72. The van der Waals surface area contributed by atoms with Gasteiger partial charge in [-0.25, -0.2) is 4.79 Å². The van der Waals surface area contributed by atoms with Crippen molar-refractivity contribution in [2.24, 2.45) is 0 Å². The molecule has 1 atom stereocenters. The average Bonchev–Trinajstić information content (AvgIpc) is 2.04. The summed E-state index contributed by atoms with van der Waals surface area (Å²) in [6, 6.07) is 0. The number of methoxy groups -OCH3 is 1. The summed E-state index contributed by atoms with van der Waals surface area (Å²) in [7, 11) is 3.35. The van der Waals surface area contributed by atoms with Gasteiger partial charge in [0.05, 0.1) is 7.11 Å². The molecule has 4 nitrogen and oxygen atoms in total. The third-order valence-electron chi connectivity index (χ3n) is 2.01. The number of likely N-dealkylation sites (tertiary alicyclic amines) is 1. The zero-order valence-electron chi connectivity index (χ0n) is 7.58. The smallest absolute Gasteiger partial charge is 0.438 e. The molecule has 0 aliphatic carbocycles. The number of hydrogen-bond acceptors (Lipinski definition) is 4. The summed E-state index contributed by atoms with van der Waals surface area (Å²) in [6.07, 6.45) is 1.46. The van der Waals surface area contributed by atoms with Crippen LogP contribution in [-0.2, 0) is 9.47 Å². The van der Waals surface area contributed by atoms with Gasteiger partial charge < -0.3 is 14.4 Å². The van der Waals surface area contributed by atoms with Crippen LogP contribution in [0.3, 0.4) is 0 Å². The van der Waals surface area contributed by atoms with Crippen molar-refractivity contribution in [3.8, 4) is 0 Å². The average molecular weight is 173 g/mol. The summed E-state index contributed by atoms with van der Waals surface area (Å²) in [5, 5.41) is 0. The van der Waals surface area contributed by atoms with E-state index >= 15 is 0 Å². The minimum atomic E-state index is -0.574. The molecule has 0 saturated carbocycles. The van der Waals surface area contributed by atoms with E-state index in [0.717, 1.165) is 25.9 Å². The quantitative estimate of drug-likeness (QED) is 0.551. The molecular weight excluding hydrogens is 158 g/mol. The van der Waals surface area contributed by atoms with Gasteiger partial charge in [-0.3, -0.25) is 0 Å². The number of hydrogen-bond donors (Lipinski definition) is 0. The van der Waals surface area contributed by atoms with Gasteiger partial charge in [0.25, 0.3) is 0 Å². The molecule has 1 aliphatic rings. The van der Waals surface area contributed by atoms with E-state index in [9.17, 15) is 4.79 Å². The maximum Gasteiger partial charge on any atom is 0.508 e. The van der Waals surface area contributed by atoms with Crippen LogP contribution in [0.5, 0.6) is 0 Å². The Morgan fingerprint density at radius 3 is 2.92 bits per heavy atom. The fourth-order valence-electron chi connectivity index (χ4n) is 1.40. The van der Waals surface area contributed by atoms with E-state index in [1.165, 1.54) is 7.11 Å². The van der Waals surface area contributed by atoms with Gasteiger partial charge in [-0.05, 0) is 26.4 Å². The number of piperidine rings is 1. The van der Waals surface area contributed by atoms with Gasteiger partial charge >= 0.3 is 6.16 Å². The lowest BCUT2D eigenvalue weighted by Crippen LogP contribution is -2.38. The lowest BCUT2D eigenvalue weighted by Gasteiger charge is -2.28. The first kappa shape index (κ1) is 9.32. The molecule has 0 aromatic rings. The van der Waals surface area contributed by atoms with Crippen molar-refractivity contribution in [1.29, 1.82) is 0 Å². The molecule has 1 rings (SSSR count). The molecular formula is C8H15NO3. The molecule has 0 aromatic carbocycles. The highest BCUT2D eigenvalue weighted by atomic mass is 16.7. The number of carbonyl (C=O) groups is 1. The Hall–Kier alpha value is -0.770. The van der Waals surface area contributed by atoms with Crippen LogP contribution < -0.4 is 0 Å². The fourth-order valence-corrected chi connectivity index (χ4v) is 1.40. The van der Waals surface area contributed by atoms with Gasteiger partial charge in [-0.2, -0.15) is 0 Å². The van der Waals surface area contributed by atoms with Gasteiger partial charge in [-0.1, -0.05) is 0 Å². The van der Waals surface area contributed by atoms with Crippen molar-refractivity contribution in [2.75, 3.05) is 27.2 Å². The van der Waals surface area contributed by atoms with E-state index in [2.05, 4.69) is 9.64 Å². The number of likely N-dealkylation sites (N-methyl/N-ethyl adjacent to an activating group) is 1. The predicted molar refractivity (Wildman–Crippen MR) is 44.0 cm³/mol. The second-order valence-electron chi connectivity index (χ2n) is 3.10. The first-order valence-corrected chi connectivity index (χ1v) is 4.15. The molecule has 0 spiro atoms. The van der Waals surface area contributed by atoms with Crippen LogP contribution >= 0.6 is 0 Å². The highest BCUT2D eigenvalue weighted by molar-refractivity contribution is 5.59. The van der Waals surface area contributed by atoms with Crippen LogP contribution in [0.2, 0.25) is 0 Å². The molecule has 0 bridgehead atoms. The summed E-state index contributed by atoms with van der Waals surface area (Å²) < 4.78 is 9.42. The van der Waals surface area contributed by atoms with E-state index in [1.807, 2.05) is 7.05 Å². The molecule has 1 saturated heterocycles. The van der Waals surface area contributed by atoms with Crippen molar-refractivity contribution >= 4 is 6.16 Å². The summed E-state index contributed by atoms with van der Waals surface area (Å²) in [6.45, 7) is 1.90. The molecule has 0 N–H and O–H groups in total. The molecule has 0 radical (unpaired) electrons. The molecule has 0 amide bonds. The highest BCUT2D eigenvalue weighted by Crippen LogP contribution is 2.11. The molecule has 0 aromatic heterocycles. The minimum Gasteiger partial charge on any atom is -0.438 e. The monoisotopic (exact) mass is 173 g/mol. The molecule has 12 heavy (non-hydrogen) atoms. The van der Waals surface area contributed by atoms with Crippen LogP contribution in [0.1, 0.15) is 12.8 Å². The van der Waals surface area contributed by atoms with Gasteiger partial charge in [0.1, 0.15) is 6.10 Å². The molecule has 1 heterocycles. The maximum absolute atomic E-state index is 10.7. The second kappa shape index (κ2) is 4.30. The minimum absolute atomic E-state index is 0.0104. The summed E-state index contributed by atoms with van der Waals surface area (Å²) in [4.78, 5) is 12.9. The first-order valence-electron chi connectivity index (χ1n) is 4.15. The van der Waals surface area contributed by atoms with Gasteiger partial charge in [0.2, 0.25) is 0 Å². The van der Waals surface area contributed by atoms with Gasteiger partial charge in [0, 0.05) is 6.54 Å². The van der Waals surface area contributed by atoms with E-state index in [-0.39, 0.29) is 6.10 Å². The lowest BCUT2D eigenvalue weighted by atomic mass is 10.1. The third-order valence-corrected chi connectivity index (χ3v) is 2.01. The van der Waals surface area contributed by atoms with Crippen LogP contribution in [0.25, 0.3) is 0 Å². The van der Waals surface area contributed by atoms with Crippen LogP contribution in [-0.4, -0.2) is 44.4 Å². The number of ether oxygens (including phenoxy) is 2. The second-order valence-corrected chi connectivity index (χ2v) is 3.10. The maximum atomic E-state index is 10.7. The summed E-state index contributed by atoms with van der Waals surface area (Å²) >= 11 is 0. The topological polar surface area (TPSA) is 38.8 Å². The lowest BCUT2D eigenvalue weighted by molar-refractivity contribution is 0.00896. The van der Waals surface area contributed by atoms with E-state index in [4.69, 9.17) is 4.74 Å². The van der Waals surface area contributed by atoms with E-state index in [0.29, 0.717) is 0 Å². The normalized spacial score (nSPS) is 25.0. The molecule has 4 heteroatoms. The predicted octanol–water partition coefficient (Wildman–Crippen LogP) is 0.864. The van der Waals surface area contributed by atoms with E-state index < -0.39 is 6.16 Å². The van der Waals surface area contributed by atoms with Gasteiger partial charge in [-0.15, -0.1) is 0 Å². The van der Waals surface area contributed by atoms with E-state index in [1.54, 1.807) is 0 Å². The van der Waals surface area contributed by atoms with Crippen LogP contribution in [0.15, 0.2) is 0 Å². The van der Waals surface area contributed by atoms with Crippen LogP contribution in [0, 0.1) is 0 Å². The molecule has 70 valence electrons. The Labute approximate surface area is 72.4 Å². The van der Waals surface area contributed by atoms with Gasteiger partial charge in [0.15, 0.2) is 0 Å². The Morgan fingerprint density at radius 2 is 2.33 bits per heavy atom. The largest absolute Gasteiger partial charge is 0.508 e. The van der Waals surface area contributed by atoms with Crippen LogP contribution in [0.4, 0.5) is 4.79 Å². The zero-order chi connectivity index (χ0) is 8.97.